The van der Waals surface area contributed by atoms with Gasteiger partial charge in [-0.05, 0) is 49.5 Å². The first-order chi connectivity index (χ1) is 10.3. The molecular formula is C16H20N4O. The van der Waals surface area contributed by atoms with Crippen LogP contribution < -0.4 is 10.6 Å². The van der Waals surface area contributed by atoms with E-state index in [0.717, 1.165) is 43.6 Å². The van der Waals surface area contributed by atoms with Crippen LogP contribution in [0, 0.1) is 5.92 Å². The Hall–Kier alpha value is -2.14. The van der Waals surface area contributed by atoms with E-state index in [1.54, 1.807) is 6.20 Å². The van der Waals surface area contributed by atoms with Crippen molar-refractivity contribution >= 4 is 5.91 Å². The van der Waals surface area contributed by atoms with Crippen LogP contribution in [0.15, 0.2) is 36.7 Å². The second-order valence-electron chi connectivity index (χ2n) is 5.47. The van der Waals surface area contributed by atoms with Gasteiger partial charge in [0.2, 0.25) is 0 Å². The number of hydrogen-bond acceptors (Lipinski definition) is 3. The summed E-state index contributed by atoms with van der Waals surface area (Å²) in [5, 5.41) is 13.1. The largest absolute Gasteiger partial charge is 0.352 e. The number of nitrogens with zero attached hydrogens (tertiary/aromatic N) is 1. The monoisotopic (exact) mass is 284 g/mol. The molecule has 1 amide bonds. The van der Waals surface area contributed by atoms with Crippen molar-refractivity contribution in [3.8, 4) is 11.1 Å². The molecule has 21 heavy (non-hydrogen) atoms. The van der Waals surface area contributed by atoms with E-state index in [1.807, 2.05) is 30.5 Å². The second-order valence-corrected chi connectivity index (χ2v) is 5.47. The Kier molecular flexibility index (Phi) is 4.31. The number of carbonyl (C=O) groups excluding carboxylic acids is 1. The lowest BCUT2D eigenvalue weighted by Crippen LogP contribution is -2.35. The SMILES string of the molecule is O=C(NCC1CCNCC1)c1ccc(-c2cn[nH]c2)cc1. The van der Waals surface area contributed by atoms with Crippen molar-refractivity contribution in [1.29, 1.82) is 0 Å². The number of nitrogens with one attached hydrogen (secondary N) is 3. The van der Waals surface area contributed by atoms with Crippen molar-refractivity contribution < 1.29 is 4.79 Å². The molecule has 0 atom stereocenters. The van der Waals surface area contributed by atoms with Crippen molar-refractivity contribution in [3.63, 3.8) is 0 Å². The van der Waals surface area contributed by atoms with Crippen LogP contribution in [0.4, 0.5) is 0 Å². The Labute approximate surface area is 124 Å². The first-order valence-corrected chi connectivity index (χ1v) is 7.41. The standard InChI is InChI=1S/C16H20N4O/c21-16(18-9-12-5-7-17-8-6-12)14-3-1-13(2-4-14)15-10-19-20-11-15/h1-4,10-12,17H,5-9H2,(H,18,21)(H,19,20). The Morgan fingerprint density at radius 1 is 1.19 bits per heavy atom. The van der Waals surface area contributed by atoms with Gasteiger partial charge in [-0.15, -0.1) is 0 Å². The van der Waals surface area contributed by atoms with Crippen LogP contribution in [0.25, 0.3) is 11.1 Å². The summed E-state index contributed by atoms with van der Waals surface area (Å²) in [4.78, 5) is 12.1. The number of piperidine rings is 1. The minimum absolute atomic E-state index is 0.00674. The topological polar surface area (TPSA) is 69.8 Å². The lowest BCUT2D eigenvalue weighted by Gasteiger charge is -2.22. The molecule has 1 saturated heterocycles. The van der Waals surface area contributed by atoms with Crippen LogP contribution in [-0.2, 0) is 0 Å². The predicted octanol–water partition coefficient (Wildman–Crippen LogP) is 1.81. The van der Waals surface area contributed by atoms with E-state index in [2.05, 4.69) is 20.8 Å². The third kappa shape index (κ3) is 3.49. The average Bonchev–Trinajstić information content (AvgIpc) is 3.08. The quantitative estimate of drug-likeness (QED) is 0.802. The van der Waals surface area contributed by atoms with E-state index >= 15 is 0 Å². The maximum Gasteiger partial charge on any atom is 0.251 e. The number of aromatic nitrogens is 2. The molecule has 5 nitrogen and oxygen atoms in total. The first kappa shape index (κ1) is 13.8. The molecule has 3 rings (SSSR count). The summed E-state index contributed by atoms with van der Waals surface area (Å²) in [7, 11) is 0. The van der Waals surface area contributed by atoms with Crippen molar-refractivity contribution in [2.24, 2.45) is 5.92 Å². The highest BCUT2D eigenvalue weighted by atomic mass is 16.1. The number of rotatable bonds is 4. The van der Waals surface area contributed by atoms with Gasteiger partial charge < -0.3 is 10.6 Å². The minimum Gasteiger partial charge on any atom is -0.352 e. The van der Waals surface area contributed by atoms with Gasteiger partial charge in [0.05, 0.1) is 6.20 Å². The fourth-order valence-corrected chi connectivity index (χ4v) is 2.65. The zero-order chi connectivity index (χ0) is 14.5. The molecule has 0 saturated carbocycles. The Morgan fingerprint density at radius 2 is 1.95 bits per heavy atom. The lowest BCUT2D eigenvalue weighted by molar-refractivity contribution is 0.0944. The van der Waals surface area contributed by atoms with E-state index in [0.29, 0.717) is 11.5 Å². The van der Waals surface area contributed by atoms with E-state index < -0.39 is 0 Å². The minimum atomic E-state index is 0.00674. The van der Waals surface area contributed by atoms with Crippen molar-refractivity contribution in [2.75, 3.05) is 19.6 Å². The fourth-order valence-electron chi connectivity index (χ4n) is 2.65. The summed E-state index contributed by atoms with van der Waals surface area (Å²) in [5.74, 6) is 0.604. The molecule has 1 aromatic carbocycles. The summed E-state index contributed by atoms with van der Waals surface area (Å²) in [6.07, 6.45) is 5.89. The van der Waals surface area contributed by atoms with Gasteiger partial charge in [-0.25, -0.2) is 0 Å². The smallest absolute Gasteiger partial charge is 0.251 e. The molecule has 3 N–H and O–H groups in total. The molecule has 0 spiro atoms. The molecule has 1 fully saturated rings. The van der Waals surface area contributed by atoms with Gasteiger partial charge in [-0.3, -0.25) is 9.89 Å². The molecule has 1 aliphatic heterocycles. The van der Waals surface area contributed by atoms with E-state index in [1.165, 1.54) is 0 Å². The number of H-pyrrole nitrogens is 1. The van der Waals surface area contributed by atoms with Crippen LogP contribution >= 0.6 is 0 Å². The molecule has 5 heteroatoms. The first-order valence-electron chi connectivity index (χ1n) is 7.41. The number of amides is 1. The summed E-state index contributed by atoms with van der Waals surface area (Å²) in [5.41, 5.74) is 2.78. The van der Waals surface area contributed by atoms with Gasteiger partial charge in [-0.2, -0.15) is 5.10 Å². The van der Waals surface area contributed by atoms with Crippen LogP contribution in [0.5, 0.6) is 0 Å². The van der Waals surface area contributed by atoms with Gasteiger partial charge in [0, 0.05) is 23.9 Å². The van der Waals surface area contributed by atoms with Crippen molar-refractivity contribution in [1.82, 2.24) is 20.8 Å². The molecule has 1 aliphatic rings. The highest BCUT2D eigenvalue weighted by molar-refractivity contribution is 5.94. The molecular weight excluding hydrogens is 264 g/mol. The number of carbonyl (C=O) groups is 1. The average molecular weight is 284 g/mol. The Balaban J connectivity index is 1.57. The van der Waals surface area contributed by atoms with Crippen LogP contribution in [0.3, 0.4) is 0 Å². The molecule has 0 bridgehead atoms. The van der Waals surface area contributed by atoms with Gasteiger partial charge >= 0.3 is 0 Å². The van der Waals surface area contributed by atoms with E-state index in [9.17, 15) is 4.79 Å². The normalized spacial score (nSPS) is 15.8. The highest BCUT2D eigenvalue weighted by Gasteiger charge is 2.14. The molecule has 2 heterocycles. The number of aromatic amines is 1. The second kappa shape index (κ2) is 6.54. The van der Waals surface area contributed by atoms with Crippen LogP contribution in [0.2, 0.25) is 0 Å². The summed E-state index contributed by atoms with van der Waals surface area (Å²) >= 11 is 0. The molecule has 1 aromatic heterocycles. The molecule has 2 aromatic rings. The summed E-state index contributed by atoms with van der Waals surface area (Å²) in [6, 6.07) is 7.62. The number of benzene rings is 1. The lowest BCUT2D eigenvalue weighted by atomic mass is 9.98. The van der Waals surface area contributed by atoms with Crippen molar-refractivity contribution in [2.45, 2.75) is 12.8 Å². The van der Waals surface area contributed by atoms with Gasteiger partial charge in [0.25, 0.3) is 5.91 Å². The predicted molar refractivity (Wildman–Crippen MR) is 82.0 cm³/mol. The summed E-state index contributed by atoms with van der Waals surface area (Å²) < 4.78 is 0. The molecule has 110 valence electrons. The maximum absolute atomic E-state index is 12.1. The molecule has 0 unspecified atom stereocenters. The third-order valence-electron chi connectivity index (χ3n) is 3.99. The fraction of sp³-hybridized carbons (Fsp3) is 0.375. The Bertz CT molecular complexity index is 571. The van der Waals surface area contributed by atoms with E-state index in [-0.39, 0.29) is 5.91 Å². The van der Waals surface area contributed by atoms with Crippen LogP contribution in [-0.4, -0.2) is 35.7 Å². The number of hydrogen-bond donors (Lipinski definition) is 3. The Morgan fingerprint density at radius 3 is 2.62 bits per heavy atom. The zero-order valence-corrected chi connectivity index (χ0v) is 11.9. The van der Waals surface area contributed by atoms with Gasteiger partial charge in [0.15, 0.2) is 0 Å². The zero-order valence-electron chi connectivity index (χ0n) is 11.9. The van der Waals surface area contributed by atoms with Gasteiger partial charge in [-0.1, -0.05) is 12.1 Å². The highest BCUT2D eigenvalue weighted by Crippen LogP contribution is 2.18. The third-order valence-corrected chi connectivity index (χ3v) is 3.99. The van der Waals surface area contributed by atoms with E-state index in [4.69, 9.17) is 0 Å². The van der Waals surface area contributed by atoms with Crippen LogP contribution in [0.1, 0.15) is 23.2 Å². The molecule has 0 aliphatic carbocycles. The molecule has 0 radical (unpaired) electrons. The van der Waals surface area contributed by atoms with Crippen molar-refractivity contribution in [3.05, 3.63) is 42.2 Å². The summed E-state index contributed by atoms with van der Waals surface area (Å²) in [6.45, 7) is 2.88. The maximum atomic E-state index is 12.1. The van der Waals surface area contributed by atoms with Gasteiger partial charge in [0.1, 0.15) is 0 Å².